The number of ether oxygens (including phenoxy) is 3. The fourth-order valence-corrected chi connectivity index (χ4v) is 2.77. The summed E-state index contributed by atoms with van der Waals surface area (Å²) < 4.78 is 16.1. The molecule has 0 saturated heterocycles. The number of methoxy groups -OCH3 is 3. The van der Waals surface area contributed by atoms with Crippen LogP contribution in [0.2, 0.25) is 0 Å². The van der Waals surface area contributed by atoms with Crippen molar-refractivity contribution in [1.82, 2.24) is 20.3 Å². The molecule has 2 aromatic heterocycles. The molecule has 0 unspecified atom stereocenters. The molecule has 3 rings (SSSR count). The second kappa shape index (κ2) is 7.94. The zero-order chi connectivity index (χ0) is 19.4. The average molecular weight is 370 g/mol. The third-order valence-corrected chi connectivity index (χ3v) is 4.12. The zero-order valence-electron chi connectivity index (χ0n) is 15.8. The van der Waals surface area contributed by atoms with Crippen LogP contribution in [0.25, 0.3) is 22.4 Å². The van der Waals surface area contributed by atoms with E-state index < -0.39 is 0 Å². The van der Waals surface area contributed by atoms with Crippen molar-refractivity contribution >= 4 is 17.1 Å². The molecule has 0 aliphatic heterocycles. The largest absolute Gasteiger partial charge is 0.493 e. The lowest BCUT2D eigenvalue weighted by atomic mass is 10.1. The summed E-state index contributed by atoms with van der Waals surface area (Å²) in [5, 5.41) is 2.85. The number of benzene rings is 1. The molecule has 142 valence electrons. The number of nitrogens with zero attached hydrogens (tertiary/aromatic N) is 2. The Labute approximate surface area is 156 Å². The minimum atomic E-state index is -0.181. The maximum atomic E-state index is 12.4. The van der Waals surface area contributed by atoms with E-state index in [9.17, 15) is 4.79 Å². The predicted octanol–water partition coefficient (Wildman–Crippen LogP) is 2.79. The molecule has 1 aromatic carbocycles. The normalized spacial score (nSPS) is 10.7. The van der Waals surface area contributed by atoms with E-state index in [1.54, 1.807) is 45.9 Å². The summed E-state index contributed by atoms with van der Waals surface area (Å²) in [7, 11) is 4.66. The molecular weight excluding hydrogens is 348 g/mol. The second-order valence-corrected chi connectivity index (χ2v) is 5.82. The smallest absolute Gasteiger partial charge is 0.255 e. The Hall–Kier alpha value is -3.29. The van der Waals surface area contributed by atoms with Gasteiger partial charge in [0.1, 0.15) is 5.52 Å². The maximum Gasteiger partial charge on any atom is 0.255 e. The Morgan fingerprint density at radius 2 is 1.85 bits per heavy atom. The molecule has 0 aliphatic carbocycles. The SMILES string of the molecule is CCCNC(=O)c1c[nH]c2ncc(-c3cc(OC)c(OC)c(OC)c3)nc12. The first-order chi connectivity index (χ1) is 13.1. The quantitative estimate of drug-likeness (QED) is 0.664. The van der Waals surface area contributed by atoms with Gasteiger partial charge in [-0.05, 0) is 18.6 Å². The molecule has 0 saturated carbocycles. The summed E-state index contributed by atoms with van der Waals surface area (Å²) in [4.78, 5) is 24.4. The number of aromatic nitrogens is 3. The van der Waals surface area contributed by atoms with Crippen molar-refractivity contribution in [3.63, 3.8) is 0 Å². The summed E-state index contributed by atoms with van der Waals surface area (Å²) >= 11 is 0. The van der Waals surface area contributed by atoms with Gasteiger partial charge in [0.25, 0.3) is 5.91 Å². The summed E-state index contributed by atoms with van der Waals surface area (Å²) in [5.74, 6) is 1.35. The van der Waals surface area contributed by atoms with Crippen LogP contribution in [0, 0.1) is 0 Å². The van der Waals surface area contributed by atoms with Crippen molar-refractivity contribution in [3.05, 3.63) is 30.1 Å². The van der Waals surface area contributed by atoms with Crippen LogP contribution >= 0.6 is 0 Å². The monoisotopic (exact) mass is 370 g/mol. The Bertz CT molecular complexity index is 942. The predicted molar refractivity (Wildman–Crippen MR) is 102 cm³/mol. The molecule has 27 heavy (non-hydrogen) atoms. The highest BCUT2D eigenvalue weighted by Crippen LogP contribution is 2.40. The number of nitrogens with one attached hydrogen (secondary N) is 2. The lowest BCUT2D eigenvalue weighted by molar-refractivity contribution is 0.0955. The molecule has 0 atom stereocenters. The molecule has 2 N–H and O–H groups in total. The maximum absolute atomic E-state index is 12.4. The van der Waals surface area contributed by atoms with Crippen molar-refractivity contribution < 1.29 is 19.0 Å². The minimum absolute atomic E-state index is 0.181. The van der Waals surface area contributed by atoms with Gasteiger partial charge in [0, 0.05) is 18.3 Å². The van der Waals surface area contributed by atoms with E-state index in [4.69, 9.17) is 14.2 Å². The van der Waals surface area contributed by atoms with Gasteiger partial charge < -0.3 is 24.5 Å². The van der Waals surface area contributed by atoms with Gasteiger partial charge in [-0.25, -0.2) is 9.97 Å². The van der Waals surface area contributed by atoms with E-state index in [1.807, 2.05) is 6.92 Å². The van der Waals surface area contributed by atoms with Crippen molar-refractivity contribution in [2.45, 2.75) is 13.3 Å². The highest BCUT2D eigenvalue weighted by atomic mass is 16.5. The Kier molecular flexibility index (Phi) is 5.44. The van der Waals surface area contributed by atoms with E-state index in [2.05, 4.69) is 20.3 Å². The van der Waals surface area contributed by atoms with Crippen LogP contribution in [0.15, 0.2) is 24.5 Å². The van der Waals surface area contributed by atoms with E-state index in [0.717, 1.165) is 12.0 Å². The van der Waals surface area contributed by atoms with Gasteiger partial charge in [-0.2, -0.15) is 0 Å². The molecule has 0 bridgehead atoms. The number of hydrogen-bond donors (Lipinski definition) is 2. The third-order valence-electron chi connectivity index (χ3n) is 4.12. The molecule has 1 amide bonds. The second-order valence-electron chi connectivity index (χ2n) is 5.82. The van der Waals surface area contributed by atoms with Gasteiger partial charge in [-0.3, -0.25) is 4.79 Å². The van der Waals surface area contributed by atoms with Crippen LogP contribution in [-0.2, 0) is 0 Å². The Balaban J connectivity index is 2.08. The minimum Gasteiger partial charge on any atom is -0.493 e. The van der Waals surface area contributed by atoms with Gasteiger partial charge in [-0.1, -0.05) is 6.92 Å². The van der Waals surface area contributed by atoms with Gasteiger partial charge in [0.2, 0.25) is 5.75 Å². The number of fused-ring (bicyclic) bond motifs is 1. The molecule has 0 aliphatic rings. The molecule has 3 aromatic rings. The van der Waals surface area contributed by atoms with Gasteiger partial charge in [0.05, 0.1) is 38.8 Å². The van der Waals surface area contributed by atoms with Crippen LogP contribution in [0.4, 0.5) is 0 Å². The fourth-order valence-electron chi connectivity index (χ4n) is 2.77. The average Bonchev–Trinajstić information content (AvgIpc) is 3.14. The summed E-state index contributed by atoms with van der Waals surface area (Å²) in [6.45, 7) is 2.60. The number of carbonyl (C=O) groups is 1. The van der Waals surface area contributed by atoms with Crippen LogP contribution in [0.5, 0.6) is 17.2 Å². The standard InChI is InChI=1S/C19H22N4O4/c1-5-6-20-19(24)12-9-21-18-16(12)23-13(10-22-18)11-7-14(25-2)17(27-4)15(8-11)26-3/h7-10H,5-6H2,1-4H3,(H,20,24)(H,21,22). The summed E-state index contributed by atoms with van der Waals surface area (Å²) in [6.07, 6.45) is 4.11. The number of amides is 1. The first-order valence-electron chi connectivity index (χ1n) is 8.55. The molecule has 8 heteroatoms. The topological polar surface area (TPSA) is 98.4 Å². The van der Waals surface area contributed by atoms with E-state index in [-0.39, 0.29) is 5.91 Å². The van der Waals surface area contributed by atoms with E-state index in [1.165, 1.54) is 0 Å². The highest BCUT2D eigenvalue weighted by Gasteiger charge is 2.18. The van der Waals surface area contributed by atoms with Crippen molar-refractivity contribution in [2.75, 3.05) is 27.9 Å². The highest BCUT2D eigenvalue weighted by molar-refractivity contribution is 6.04. The molecule has 8 nitrogen and oxygen atoms in total. The Morgan fingerprint density at radius 3 is 2.44 bits per heavy atom. The van der Waals surface area contributed by atoms with Crippen LogP contribution < -0.4 is 19.5 Å². The molecule has 0 fully saturated rings. The van der Waals surface area contributed by atoms with Crippen LogP contribution in [-0.4, -0.2) is 48.7 Å². The van der Waals surface area contributed by atoms with Crippen LogP contribution in [0.1, 0.15) is 23.7 Å². The van der Waals surface area contributed by atoms with Crippen molar-refractivity contribution in [3.8, 4) is 28.5 Å². The van der Waals surface area contributed by atoms with Crippen molar-refractivity contribution in [1.29, 1.82) is 0 Å². The zero-order valence-corrected chi connectivity index (χ0v) is 15.8. The lowest BCUT2D eigenvalue weighted by Gasteiger charge is -2.13. The number of rotatable bonds is 7. The first kappa shape index (κ1) is 18.5. The molecule has 2 heterocycles. The summed E-state index contributed by atoms with van der Waals surface area (Å²) in [6, 6.07) is 3.58. The number of hydrogen-bond acceptors (Lipinski definition) is 6. The Morgan fingerprint density at radius 1 is 1.15 bits per heavy atom. The van der Waals surface area contributed by atoms with Crippen molar-refractivity contribution in [2.24, 2.45) is 0 Å². The number of H-pyrrole nitrogens is 1. The number of carbonyl (C=O) groups excluding carboxylic acids is 1. The van der Waals surface area contributed by atoms with E-state index in [0.29, 0.717) is 46.2 Å². The van der Waals surface area contributed by atoms with Crippen LogP contribution in [0.3, 0.4) is 0 Å². The molecule has 0 spiro atoms. The molecule has 0 radical (unpaired) electrons. The number of aromatic amines is 1. The molecular formula is C19H22N4O4. The van der Waals surface area contributed by atoms with Gasteiger partial charge in [0.15, 0.2) is 17.1 Å². The van der Waals surface area contributed by atoms with Gasteiger partial charge in [-0.15, -0.1) is 0 Å². The van der Waals surface area contributed by atoms with Gasteiger partial charge >= 0.3 is 0 Å². The first-order valence-corrected chi connectivity index (χ1v) is 8.55. The third kappa shape index (κ3) is 3.51. The fraction of sp³-hybridized carbons (Fsp3) is 0.316. The lowest BCUT2D eigenvalue weighted by Crippen LogP contribution is -2.23. The van der Waals surface area contributed by atoms with E-state index >= 15 is 0 Å². The summed E-state index contributed by atoms with van der Waals surface area (Å²) in [5.41, 5.74) is 2.84.